The monoisotopic (exact) mass is 253 g/mol. The molecule has 0 saturated carbocycles. The first kappa shape index (κ1) is 17.2. The van der Waals surface area contributed by atoms with E-state index >= 15 is 0 Å². The lowest BCUT2D eigenvalue weighted by Crippen LogP contribution is -2.31. The number of unbranched alkanes of at least 4 members (excludes halogenated alkanes) is 1. The first-order valence-electron chi connectivity index (χ1n) is 7.02. The number of rotatable bonds is 6. The quantitative estimate of drug-likeness (QED) is 0.554. The molecule has 0 aliphatic rings. The maximum Gasteiger partial charge on any atom is 0.220 e. The van der Waals surface area contributed by atoms with Gasteiger partial charge >= 0.3 is 0 Å². The van der Waals surface area contributed by atoms with Crippen LogP contribution in [0.25, 0.3) is 0 Å². The Morgan fingerprint density at radius 2 is 1.61 bits per heavy atom. The van der Waals surface area contributed by atoms with Gasteiger partial charge in [-0.2, -0.15) is 0 Å². The summed E-state index contributed by atoms with van der Waals surface area (Å²) < 4.78 is 0. The Bertz CT molecular complexity index is 266. The van der Waals surface area contributed by atoms with E-state index in [4.69, 9.17) is 0 Å². The van der Waals surface area contributed by atoms with Crippen molar-refractivity contribution in [3.8, 4) is 0 Å². The normalized spacial score (nSPS) is 13.0. The molecule has 0 aromatic carbocycles. The second-order valence-corrected chi connectivity index (χ2v) is 7.47. The minimum atomic E-state index is 0.169. The van der Waals surface area contributed by atoms with Crippen LogP contribution in [0, 0.1) is 10.8 Å². The highest BCUT2D eigenvalue weighted by Gasteiger charge is 2.11. The molecular weight excluding hydrogens is 222 g/mol. The zero-order chi connectivity index (χ0) is 14.2. The van der Waals surface area contributed by atoms with Gasteiger partial charge in [0, 0.05) is 13.0 Å². The Morgan fingerprint density at radius 3 is 2.11 bits per heavy atom. The fourth-order valence-corrected chi connectivity index (χ4v) is 1.39. The Morgan fingerprint density at radius 1 is 1.00 bits per heavy atom. The van der Waals surface area contributed by atoms with E-state index in [1.54, 1.807) is 0 Å². The summed E-state index contributed by atoms with van der Waals surface area (Å²) in [5.74, 6) is 0.175. The van der Waals surface area contributed by atoms with Gasteiger partial charge in [0.25, 0.3) is 0 Å². The third-order valence-corrected chi connectivity index (χ3v) is 2.49. The Hall–Kier alpha value is -0.790. The van der Waals surface area contributed by atoms with E-state index in [-0.39, 0.29) is 11.3 Å². The topological polar surface area (TPSA) is 29.1 Å². The molecule has 0 spiro atoms. The van der Waals surface area contributed by atoms with E-state index in [0.29, 0.717) is 11.8 Å². The van der Waals surface area contributed by atoms with E-state index in [2.05, 4.69) is 59.0 Å². The predicted molar refractivity (Wildman–Crippen MR) is 79.5 cm³/mol. The number of hydrogen-bond donors (Lipinski definition) is 1. The third kappa shape index (κ3) is 13.3. The average Bonchev–Trinajstić information content (AvgIpc) is 2.17. The second-order valence-electron chi connectivity index (χ2n) is 7.47. The number of amides is 1. The van der Waals surface area contributed by atoms with Crippen molar-refractivity contribution in [2.75, 3.05) is 6.54 Å². The smallest absolute Gasteiger partial charge is 0.220 e. The Balaban J connectivity index is 3.58. The van der Waals surface area contributed by atoms with Crippen LogP contribution in [0.15, 0.2) is 12.2 Å². The minimum absolute atomic E-state index is 0.169. The van der Waals surface area contributed by atoms with Crippen molar-refractivity contribution >= 4 is 5.91 Å². The standard InChI is InChI=1S/C16H31NO/c1-15(2,3)12-10-8-7-9-11-14(18)17-13-16(4,5)6/h8,10H,7,9,11-13H2,1-6H3,(H,17,18). The average molecular weight is 253 g/mol. The summed E-state index contributed by atoms with van der Waals surface area (Å²) in [7, 11) is 0. The molecule has 0 heterocycles. The largest absolute Gasteiger partial charge is 0.356 e. The van der Waals surface area contributed by atoms with Crippen LogP contribution in [0.1, 0.15) is 67.2 Å². The maximum absolute atomic E-state index is 11.5. The fraction of sp³-hybridized carbons (Fsp3) is 0.812. The van der Waals surface area contributed by atoms with Gasteiger partial charge in [0.1, 0.15) is 0 Å². The van der Waals surface area contributed by atoms with Crippen molar-refractivity contribution in [2.24, 2.45) is 10.8 Å². The molecule has 18 heavy (non-hydrogen) atoms. The van der Waals surface area contributed by atoms with Gasteiger partial charge in [0.05, 0.1) is 0 Å². The van der Waals surface area contributed by atoms with Gasteiger partial charge in [0.2, 0.25) is 5.91 Å². The lowest BCUT2D eigenvalue weighted by atomic mass is 9.92. The molecule has 0 rings (SSSR count). The van der Waals surface area contributed by atoms with Crippen LogP contribution in [-0.4, -0.2) is 12.5 Å². The molecule has 2 nitrogen and oxygen atoms in total. The highest BCUT2D eigenvalue weighted by Crippen LogP contribution is 2.18. The first-order chi connectivity index (χ1) is 8.10. The number of hydrogen-bond acceptors (Lipinski definition) is 1. The lowest BCUT2D eigenvalue weighted by Gasteiger charge is -2.18. The third-order valence-electron chi connectivity index (χ3n) is 2.49. The maximum atomic E-state index is 11.5. The minimum Gasteiger partial charge on any atom is -0.356 e. The molecule has 0 fully saturated rings. The summed E-state index contributed by atoms with van der Waals surface area (Å²) in [5, 5.41) is 2.97. The van der Waals surface area contributed by atoms with Crippen LogP contribution >= 0.6 is 0 Å². The van der Waals surface area contributed by atoms with Crippen LogP contribution in [-0.2, 0) is 4.79 Å². The van der Waals surface area contributed by atoms with Gasteiger partial charge in [-0.1, -0.05) is 53.7 Å². The summed E-state index contributed by atoms with van der Waals surface area (Å²) in [5.41, 5.74) is 0.531. The van der Waals surface area contributed by atoms with E-state index in [1.165, 1.54) is 0 Å². The molecule has 106 valence electrons. The van der Waals surface area contributed by atoms with Crippen molar-refractivity contribution in [1.82, 2.24) is 5.32 Å². The number of nitrogens with one attached hydrogen (secondary N) is 1. The van der Waals surface area contributed by atoms with Crippen LogP contribution in [0.2, 0.25) is 0 Å². The molecule has 0 unspecified atom stereocenters. The van der Waals surface area contributed by atoms with Crippen LogP contribution < -0.4 is 5.32 Å². The molecule has 0 bridgehead atoms. The summed E-state index contributed by atoms with van der Waals surface area (Å²) in [6, 6.07) is 0. The number of allylic oxidation sites excluding steroid dienone is 2. The van der Waals surface area contributed by atoms with Gasteiger partial charge in [-0.05, 0) is 30.1 Å². The van der Waals surface area contributed by atoms with Crippen molar-refractivity contribution in [3.05, 3.63) is 12.2 Å². The molecule has 0 saturated heterocycles. The van der Waals surface area contributed by atoms with Gasteiger partial charge in [-0.25, -0.2) is 0 Å². The number of carbonyl (C=O) groups is 1. The van der Waals surface area contributed by atoms with Crippen molar-refractivity contribution in [1.29, 1.82) is 0 Å². The fourth-order valence-electron chi connectivity index (χ4n) is 1.39. The van der Waals surface area contributed by atoms with Crippen LogP contribution in [0.5, 0.6) is 0 Å². The zero-order valence-corrected chi connectivity index (χ0v) is 13.1. The van der Waals surface area contributed by atoms with Gasteiger partial charge in [0.15, 0.2) is 0 Å². The summed E-state index contributed by atoms with van der Waals surface area (Å²) >= 11 is 0. The molecular formula is C16H31NO. The molecule has 0 aromatic rings. The molecule has 0 aliphatic carbocycles. The van der Waals surface area contributed by atoms with Gasteiger partial charge in [-0.15, -0.1) is 0 Å². The molecule has 1 N–H and O–H groups in total. The molecule has 2 heteroatoms. The predicted octanol–water partition coefficient (Wildman–Crippen LogP) is 4.31. The zero-order valence-electron chi connectivity index (χ0n) is 13.1. The molecule has 0 atom stereocenters. The first-order valence-corrected chi connectivity index (χ1v) is 7.02. The number of carbonyl (C=O) groups excluding carboxylic acids is 1. The summed E-state index contributed by atoms with van der Waals surface area (Å²) in [4.78, 5) is 11.5. The van der Waals surface area contributed by atoms with Crippen molar-refractivity contribution in [3.63, 3.8) is 0 Å². The van der Waals surface area contributed by atoms with Gasteiger partial charge in [-0.3, -0.25) is 4.79 Å². The van der Waals surface area contributed by atoms with Crippen LogP contribution in [0.3, 0.4) is 0 Å². The van der Waals surface area contributed by atoms with Crippen LogP contribution in [0.4, 0.5) is 0 Å². The highest BCUT2D eigenvalue weighted by molar-refractivity contribution is 5.75. The highest BCUT2D eigenvalue weighted by atomic mass is 16.1. The summed E-state index contributed by atoms with van der Waals surface area (Å²) in [6.07, 6.45) is 8.10. The van der Waals surface area contributed by atoms with Gasteiger partial charge < -0.3 is 5.32 Å². The van der Waals surface area contributed by atoms with Crippen molar-refractivity contribution < 1.29 is 4.79 Å². The van der Waals surface area contributed by atoms with E-state index < -0.39 is 0 Å². The SMILES string of the molecule is CC(C)(C)CC=CCCCC(=O)NCC(C)(C)C. The van der Waals surface area contributed by atoms with Crippen molar-refractivity contribution in [2.45, 2.75) is 67.2 Å². The summed E-state index contributed by atoms with van der Waals surface area (Å²) in [6.45, 7) is 13.8. The Kier molecular flexibility index (Phi) is 7.27. The Labute approximate surface area is 113 Å². The molecule has 0 radical (unpaired) electrons. The lowest BCUT2D eigenvalue weighted by molar-refractivity contribution is -0.121. The second kappa shape index (κ2) is 7.60. The van der Waals surface area contributed by atoms with E-state index in [9.17, 15) is 4.79 Å². The van der Waals surface area contributed by atoms with E-state index in [0.717, 1.165) is 25.8 Å². The molecule has 0 aliphatic heterocycles. The molecule has 0 aromatic heterocycles. The molecule has 1 amide bonds. The van der Waals surface area contributed by atoms with E-state index in [1.807, 2.05) is 0 Å².